The number of hydrogen-bond acceptors (Lipinski definition) is 5. The van der Waals surface area contributed by atoms with Crippen molar-refractivity contribution in [2.45, 2.75) is 32.9 Å². The Balaban J connectivity index is 1.84. The number of nitro groups is 1. The van der Waals surface area contributed by atoms with Gasteiger partial charge in [0.1, 0.15) is 5.54 Å². The summed E-state index contributed by atoms with van der Waals surface area (Å²) in [6.45, 7) is 9.04. The van der Waals surface area contributed by atoms with Gasteiger partial charge in [0.2, 0.25) is 0 Å². The number of nitrogens with one attached hydrogen (secondary N) is 1. The molecule has 156 valence electrons. The van der Waals surface area contributed by atoms with Crippen LogP contribution < -0.4 is 5.32 Å². The highest BCUT2D eigenvalue weighted by Gasteiger charge is 2.49. The number of allylic oxidation sites excluding steroid dienone is 1. The third kappa shape index (κ3) is 3.38. The van der Waals surface area contributed by atoms with E-state index in [4.69, 9.17) is 0 Å². The SMILES string of the molecule is C=CCn1c(C)cc(C(=O)CN2C(=O)NC(C)(c3ccc([N+](=O)[O-])cc3)C2=O)c1C. The first-order valence-corrected chi connectivity index (χ1v) is 9.30. The number of aromatic nitrogens is 1. The lowest BCUT2D eigenvalue weighted by atomic mass is 9.92. The Bertz CT molecular complexity index is 1070. The van der Waals surface area contributed by atoms with Crippen LogP contribution in [0.25, 0.3) is 0 Å². The van der Waals surface area contributed by atoms with Gasteiger partial charge in [-0.05, 0) is 44.5 Å². The Morgan fingerprint density at radius 1 is 1.27 bits per heavy atom. The summed E-state index contributed by atoms with van der Waals surface area (Å²) in [4.78, 5) is 49.6. The van der Waals surface area contributed by atoms with E-state index in [1.807, 2.05) is 11.5 Å². The maximum atomic E-state index is 13.0. The van der Waals surface area contributed by atoms with Crippen LogP contribution in [0, 0.1) is 24.0 Å². The Labute approximate surface area is 173 Å². The molecule has 1 unspecified atom stereocenters. The van der Waals surface area contributed by atoms with Crippen LogP contribution in [-0.2, 0) is 16.9 Å². The predicted molar refractivity (Wildman–Crippen MR) is 109 cm³/mol. The zero-order chi connectivity index (χ0) is 22.2. The zero-order valence-corrected chi connectivity index (χ0v) is 17.0. The average molecular weight is 410 g/mol. The molecule has 0 spiro atoms. The number of nitro benzene ring substituents is 1. The van der Waals surface area contributed by atoms with Crippen LogP contribution in [0.2, 0.25) is 0 Å². The van der Waals surface area contributed by atoms with Crippen molar-refractivity contribution in [3.63, 3.8) is 0 Å². The summed E-state index contributed by atoms with van der Waals surface area (Å²) in [6, 6.07) is 6.42. The van der Waals surface area contributed by atoms with Crippen molar-refractivity contribution in [3.05, 3.63) is 75.6 Å². The summed E-state index contributed by atoms with van der Waals surface area (Å²) >= 11 is 0. The smallest absolute Gasteiger partial charge is 0.325 e. The Kier molecular flexibility index (Phi) is 5.30. The molecule has 3 rings (SSSR count). The van der Waals surface area contributed by atoms with Crippen molar-refractivity contribution in [1.29, 1.82) is 0 Å². The molecule has 9 nitrogen and oxygen atoms in total. The number of benzene rings is 1. The standard InChI is InChI=1S/C21H22N4O5/c1-5-10-23-13(2)11-17(14(23)3)18(26)12-24-19(27)21(4,22-20(24)28)15-6-8-16(9-7-15)25(29)30/h5-9,11H,1,10,12H2,2-4H3,(H,22,28). The van der Waals surface area contributed by atoms with Crippen LogP contribution in [-0.4, -0.2) is 38.7 Å². The molecule has 30 heavy (non-hydrogen) atoms. The number of non-ortho nitro benzene ring substituents is 1. The molecular weight excluding hydrogens is 388 g/mol. The fourth-order valence-corrected chi connectivity index (χ4v) is 3.67. The molecule has 1 aromatic carbocycles. The van der Waals surface area contributed by atoms with Crippen LogP contribution in [0.1, 0.15) is 34.2 Å². The summed E-state index contributed by atoms with van der Waals surface area (Å²) in [5.41, 5.74) is 0.920. The van der Waals surface area contributed by atoms with Crippen molar-refractivity contribution >= 4 is 23.4 Å². The Hall–Kier alpha value is -3.75. The van der Waals surface area contributed by atoms with Gasteiger partial charge in [-0.25, -0.2) is 4.79 Å². The molecule has 1 fully saturated rings. The van der Waals surface area contributed by atoms with Gasteiger partial charge in [-0.15, -0.1) is 6.58 Å². The summed E-state index contributed by atoms with van der Waals surface area (Å²) in [7, 11) is 0. The van der Waals surface area contributed by atoms with Crippen molar-refractivity contribution in [2.75, 3.05) is 6.54 Å². The highest BCUT2D eigenvalue weighted by molar-refractivity contribution is 6.11. The normalized spacial score (nSPS) is 18.4. The number of carbonyl (C=O) groups excluding carboxylic acids is 3. The van der Waals surface area contributed by atoms with Crippen molar-refractivity contribution < 1.29 is 19.3 Å². The number of carbonyl (C=O) groups is 3. The minimum Gasteiger partial charge on any atom is -0.345 e. The number of imide groups is 1. The second kappa shape index (κ2) is 7.58. The largest absolute Gasteiger partial charge is 0.345 e. The number of amides is 3. The molecule has 1 aliphatic rings. The first kappa shape index (κ1) is 21.0. The number of urea groups is 1. The summed E-state index contributed by atoms with van der Waals surface area (Å²) in [5, 5.41) is 13.4. The van der Waals surface area contributed by atoms with Crippen molar-refractivity contribution in [2.24, 2.45) is 0 Å². The highest BCUT2D eigenvalue weighted by atomic mass is 16.6. The molecule has 0 aliphatic carbocycles. The molecule has 1 aliphatic heterocycles. The second-order valence-corrected chi connectivity index (χ2v) is 7.36. The lowest BCUT2D eigenvalue weighted by Crippen LogP contribution is -2.41. The number of hydrogen-bond donors (Lipinski definition) is 1. The van der Waals surface area contributed by atoms with E-state index in [9.17, 15) is 24.5 Å². The molecule has 1 aromatic heterocycles. The van der Waals surface area contributed by atoms with Gasteiger partial charge in [0.25, 0.3) is 11.6 Å². The molecule has 2 heterocycles. The maximum absolute atomic E-state index is 13.0. The van der Waals surface area contributed by atoms with Crippen molar-refractivity contribution in [1.82, 2.24) is 14.8 Å². The van der Waals surface area contributed by atoms with Gasteiger partial charge in [0.15, 0.2) is 5.78 Å². The molecular formula is C21H22N4O5. The first-order chi connectivity index (χ1) is 14.1. The molecule has 1 N–H and O–H groups in total. The van der Waals surface area contributed by atoms with E-state index in [1.165, 1.54) is 31.2 Å². The van der Waals surface area contributed by atoms with Gasteiger partial charge >= 0.3 is 6.03 Å². The molecule has 1 atom stereocenters. The van der Waals surface area contributed by atoms with Gasteiger partial charge in [-0.2, -0.15) is 0 Å². The monoisotopic (exact) mass is 410 g/mol. The lowest BCUT2D eigenvalue weighted by molar-refractivity contribution is -0.384. The Morgan fingerprint density at radius 2 is 1.90 bits per heavy atom. The predicted octanol–water partition coefficient (Wildman–Crippen LogP) is 2.85. The third-order valence-corrected chi connectivity index (χ3v) is 5.42. The zero-order valence-electron chi connectivity index (χ0n) is 17.0. The number of Topliss-reactive ketones (excluding diaryl/α,β-unsaturated/α-hetero) is 1. The van der Waals surface area contributed by atoms with Gasteiger partial charge < -0.3 is 9.88 Å². The summed E-state index contributed by atoms with van der Waals surface area (Å²) in [5.74, 6) is -0.940. The van der Waals surface area contributed by atoms with E-state index in [0.717, 1.165) is 16.3 Å². The van der Waals surface area contributed by atoms with Crippen LogP contribution in [0.15, 0.2) is 43.0 Å². The number of rotatable bonds is 7. The summed E-state index contributed by atoms with van der Waals surface area (Å²) < 4.78 is 1.92. The third-order valence-electron chi connectivity index (χ3n) is 5.42. The number of aryl methyl sites for hydroxylation is 1. The molecule has 1 saturated heterocycles. The Morgan fingerprint density at radius 3 is 2.47 bits per heavy atom. The average Bonchev–Trinajstić information content (AvgIpc) is 3.11. The van der Waals surface area contributed by atoms with E-state index in [0.29, 0.717) is 17.7 Å². The van der Waals surface area contributed by atoms with Gasteiger partial charge in [-0.3, -0.25) is 24.6 Å². The lowest BCUT2D eigenvalue weighted by Gasteiger charge is -2.22. The quantitative estimate of drug-likeness (QED) is 0.248. The minimum absolute atomic E-state index is 0.124. The molecule has 0 saturated carbocycles. The fourth-order valence-electron chi connectivity index (χ4n) is 3.67. The van der Waals surface area contributed by atoms with E-state index in [2.05, 4.69) is 11.9 Å². The molecule has 0 radical (unpaired) electrons. The van der Waals surface area contributed by atoms with Gasteiger partial charge in [0, 0.05) is 35.6 Å². The number of nitrogens with zero attached hydrogens (tertiary/aromatic N) is 3. The van der Waals surface area contributed by atoms with E-state index in [-0.39, 0.29) is 11.5 Å². The van der Waals surface area contributed by atoms with Crippen LogP contribution in [0.5, 0.6) is 0 Å². The highest BCUT2D eigenvalue weighted by Crippen LogP contribution is 2.30. The van der Waals surface area contributed by atoms with E-state index < -0.39 is 28.9 Å². The second-order valence-electron chi connectivity index (χ2n) is 7.36. The molecule has 0 bridgehead atoms. The van der Waals surface area contributed by atoms with Gasteiger partial charge in [-0.1, -0.05) is 6.08 Å². The van der Waals surface area contributed by atoms with E-state index >= 15 is 0 Å². The van der Waals surface area contributed by atoms with Crippen LogP contribution in [0.4, 0.5) is 10.5 Å². The summed E-state index contributed by atoms with van der Waals surface area (Å²) in [6.07, 6.45) is 1.72. The molecule has 2 aromatic rings. The topological polar surface area (TPSA) is 115 Å². The van der Waals surface area contributed by atoms with Crippen molar-refractivity contribution in [3.8, 4) is 0 Å². The molecule has 3 amide bonds. The van der Waals surface area contributed by atoms with Crippen LogP contribution >= 0.6 is 0 Å². The van der Waals surface area contributed by atoms with Crippen LogP contribution in [0.3, 0.4) is 0 Å². The molecule has 9 heteroatoms. The fraction of sp³-hybridized carbons (Fsp3) is 0.286. The van der Waals surface area contributed by atoms with E-state index in [1.54, 1.807) is 19.1 Å². The maximum Gasteiger partial charge on any atom is 0.325 e. The first-order valence-electron chi connectivity index (χ1n) is 9.30. The minimum atomic E-state index is -1.41. The number of ketones is 1. The van der Waals surface area contributed by atoms with Gasteiger partial charge in [0.05, 0.1) is 11.5 Å².